The zero-order valence-corrected chi connectivity index (χ0v) is 15.8. The third kappa shape index (κ3) is 4.05. The van der Waals surface area contributed by atoms with Gasteiger partial charge in [0.1, 0.15) is 12.6 Å². The van der Waals surface area contributed by atoms with Crippen LogP contribution < -0.4 is 10.5 Å². The van der Waals surface area contributed by atoms with E-state index in [2.05, 4.69) is 30.3 Å². The highest BCUT2D eigenvalue weighted by atomic mass is 32.2. The Balaban J connectivity index is 1.30. The number of nitrogens with zero attached hydrogens (tertiary/aromatic N) is 1. The first-order chi connectivity index (χ1) is 12.7. The minimum absolute atomic E-state index is 0.137. The van der Waals surface area contributed by atoms with Gasteiger partial charge in [-0.25, -0.2) is 0 Å². The summed E-state index contributed by atoms with van der Waals surface area (Å²) in [5.74, 6) is 2.74. The maximum atomic E-state index is 12.1. The number of quaternary nitrogens is 1. The Hall–Kier alpha value is -1.56. The van der Waals surface area contributed by atoms with Crippen LogP contribution in [0, 0.1) is 5.92 Å². The third-order valence-corrected chi connectivity index (χ3v) is 6.78. The van der Waals surface area contributed by atoms with Gasteiger partial charge in [0.2, 0.25) is 0 Å². The monoisotopic (exact) mass is 371 g/mol. The summed E-state index contributed by atoms with van der Waals surface area (Å²) in [4.78, 5) is 13.6. The number of hydrogen-bond donors (Lipinski definition) is 2. The summed E-state index contributed by atoms with van der Waals surface area (Å²) in [6.07, 6.45) is 0.918. The molecule has 2 N–H and O–H groups in total. The highest BCUT2D eigenvalue weighted by molar-refractivity contribution is 7.98. The Morgan fingerprint density at radius 3 is 2.85 bits per heavy atom. The molecule has 0 radical (unpaired) electrons. The fraction of sp³-hybridized carbons (Fsp3) is 0.476. The average molecular weight is 372 g/mol. The average Bonchev–Trinajstić information content (AvgIpc) is 2.63. The largest absolute Gasteiger partial charge is 0.386 e. The smallest absolute Gasteiger partial charge is 0.250 e. The Morgan fingerprint density at radius 2 is 2.00 bits per heavy atom. The standard InChI is InChI=1S/C21H26N2O2S/c24-19(15-26-14-16-5-2-1-3-6-16)13-22-10-17-9-18(12-22)20-7-4-8-21(25)23(20)11-17/h1-8,17-19,24H,9-15H2/p+1/t17-,18+,19+/m1/s1. The summed E-state index contributed by atoms with van der Waals surface area (Å²) in [5, 5.41) is 10.5. The number of nitrogens with one attached hydrogen (secondary N) is 1. The number of fused-ring (bicyclic) bond motifs is 4. The van der Waals surface area contributed by atoms with Crippen LogP contribution in [0.1, 0.15) is 23.6 Å². The molecule has 0 amide bonds. The fourth-order valence-corrected chi connectivity index (χ4v) is 5.50. The lowest BCUT2D eigenvalue weighted by molar-refractivity contribution is -0.913. The first-order valence-electron chi connectivity index (χ1n) is 9.52. The van der Waals surface area contributed by atoms with Gasteiger partial charge in [-0.05, 0) is 18.1 Å². The Morgan fingerprint density at radius 1 is 1.15 bits per heavy atom. The lowest BCUT2D eigenvalue weighted by Gasteiger charge is -2.40. The van der Waals surface area contributed by atoms with Crippen LogP contribution in [-0.2, 0) is 12.3 Å². The number of aromatic nitrogens is 1. The molecule has 4 nitrogen and oxygen atoms in total. The number of piperidine rings is 1. The van der Waals surface area contributed by atoms with E-state index < -0.39 is 0 Å². The molecule has 0 aliphatic carbocycles. The fourth-order valence-electron chi connectivity index (χ4n) is 4.57. The second-order valence-electron chi connectivity index (χ2n) is 7.72. The van der Waals surface area contributed by atoms with E-state index in [0.29, 0.717) is 11.8 Å². The van der Waals surface area contributed by atoms with Crippen molar-refractivity contribution in [2.45, 2.75) is 30.7 Å². The van der Waals surface area contributed by atoms with Gasteiger partial charge in [0.25, 0.3) is 5.56 Å². The molecule has 0 saturated carbocycles. The van der Waals surface area contributed by atoms with E-state index in [1.54, 1.807) is 17.8 Å². The highest BCUT2D eigenvalue weighted by Crippen LogP contribution is 2.30. The summed E-state index contributed by atoms with van der Waals surface area (Å²) in [6, 6.07) is 16.1. The van der Waals surface area contributed by atoms with Crippen LogP contribution in [0.2, 0.25) is 0 Å². The lowest BCUT2D eigenvalue weighted by Crippen LogP contribution is -3.15. The second kappa shape index (κ2) is 7.99. The highest BCUT2D eigenvalue weighted by Gasteiger charge is 2.37. The van der Waals surface area contributed by atoms with E-state index in [0.717, 1.165) is 37.7 Å². The van der Waals surface area contributed by atoms with Gasteiger partial charge in [-0.2, -0.15) is 11.8 Å². The van der Waals surface area contributed by atoms with Gasteiger partial charge in [-0.15, -0.1) is 0 Å². The quantitative estimate of drug-likeness (QED) is 0.801. The van der Waals surface area contributed by atoms with E-state index in [-0.39, 0.29) is 11.7 Å². The molecule has 2 aromatic rings. The number of aliphatic hydroxyl groups excluding tert-OH is 1. The van der Waals surface area contributed by atoms with Gasteiger partial charge in [-0.1, -0.05) is 36.4 Å². The van der Waals surface area contributed by atoms with Gasteiger partial charge in [0.15, 0.2) is 0 Å². The van der Waals surface area contributed by atoms with E-state index >= 15 is 0 Å². The van der Waals surface area contributed by atoms with Crippen molar-refractivity contribution >= 4 is 11.8 Å². The SMILES string of the molecule is O=c1cccc2n1C[C@@H]1C[C@H]2C[NH+](C[C@H](O)CSCc2ccccc2)C1. The molecule has 0 spiro atoms. The second-order valence-corrected chi connectivity index (χ2v) is 8.75. The van der Waals surface area contributed by atoms with E-state index in [4.69, 9.17) is 0 Å². The molecule has 1 saturated heterocycles. The number of hydrogen-bond acceptors (Lipinski definition) is 3. The van der Waals surface area contributed by atoms with Crippen LogP contribution in [0.4, 0.5) is 0 Å². The van der Waals surface area contributed by atoms with Gasteiger partial charge in [-0.3, -0.25) is 4.79 Å². The normalized spacial score (nSPS) is 25.5. The van der Waals surface area contributed by atoms with Crippen LogP contribution in [0.3, 0.4) is 0 Å². The molecule has 4 rings (SSSR count). The van der Waals surface area contributed by atoms with Crippen molar-refractivity contribution in [3.05, 3.63) is 70.1 Å². The van der Waals surface area contributed by atoms with Crippen molar-refractivity contribution in [3.8, 4) is 0 Å². The topological polar surface area (TPSA) is 46.7 Å². The molecule has 2 aliphatic rings. The van der Waals surface area contributed by atoms with Gasteiger partial charge in [0, 0.05) is 41.6 Å². The number of rotatable bonds is 6. The van der Waals surface area contributed by atoms with Crippen molar-refractivity contribution in [2.24, 2.45) is 5.92 Å². The van der Waals surface area contributed by atoms with Crippen molar-refractivity contribution < 1.29 is 10.0 Å². The Kier molecular flexibility index (Phi) is 5.48. The predicted molar refractivity (Wildman–Crippen MR) is 106 cm³/mol. The summed E-state index contributed by atoms with van der Waals surface area (Å²) in [6.45, 7) is 3.75. The van der Waals surface area contributed by atoms with Crippen LogP contribution in [0.15, 0.2) is 53.3 Å². The minimum Gasteiger partial charge on any atom is -0.386 e. The molecule has 2 aliphatic heterocycles. The number of pyridine rings is 1. The first kappa shape index (κ1) is 17.8. The summed E-state index contributed by atoms with van der Waals surface area (Å²) in [5.41, 5.74) is 2.64. The molecule has 4 atom stereocenters. The molecule has 1 aromatic carbocycles. The molecule has 138 valence electrons. The van der Waals surface area contributed by atoms with Crippen molar-refractivity contribution in [1.29, 1.82) is 0 Å². The first-order valence-corrected chi connectivity index (χ1v) is 10.7. The molecule has 2 bridgehead atoms. The van der Waals surface area contributed by atoms with Crippen LogP contribution >= 0.6 is 11.8 Å². The molecular formula is C21H27N2O2S+. The molecule has 1 fully saturated rings. The minimum atomic E-state index is -0.268. The summed E-state index contributed by atoms with van der Waals surface area (Å²) in [7, 11) is 0. The zero-order valence-electron chi connectivity index (χ0n) is 15.0. The van der Waals surface area contributed by atoms with Crippen molar-refractivity contribution in [1.82, 2.24) is 4.57 Å². The molecule has 26 heavy (non-hydrogen) atoms. The number of aliphatic hydroxyl groups is 1. The van der Waals surface area contributed by atoms with Gasteiger partial charge < -0.3 is 14.6 Å². The molecule has 5 heteroatoms. The van der Waals surface area contributed by atoms with Gasteiger partial charge >= 0.3 is 0 Å². The maximum Gasteiger partial charge on any atom is 0.250 e. The number of likely N-dealkylation sites (tertiary alicyclic amines) is 1. The Bertz CT molecular complexity index is 792. The van der Waals surface area contributed by atoms with Crippen LogP contribution in [0.5, 0.6) is 0 Å². The zero-order chi connectivity index (χ0) is 17.9. The number of benzene rings is 1. The lowest BCUT2D eigenvalue weighted by atomic mass is 9.83. The third-order valence-electron chi connectivity index (χ3n) is 5.62. The number of thioether (sulfide) groups is 1. The van der Waals surface area contributed by atoms with Gasteiger partial charge in [0.05, 0.1) is 13.1 Å². The van der Waals surface area contributed by atoms with E-state index in [1.165, 1.54) is 22.6 Å². The Labute approximate surface area is 158 Å². The van der Waals surface area contributed by atoms with E-state index in [1.807, 2.05) is 16.7 Å². The van der Waals surface area contributed by atoms with E-state index in [9.17, 15) is 9.90 Å². The molecule has 1 unspecified atom stereocenters. The molecular weight excluding hydrogens is 344 g/mol. The predicted octanol–water partition coefficient (Wildman–Crippen LogP) is 1.14. The van der Waals surface area contributed by atoms with Crippen molar-refractivity contribution in [2.75, 3.05) is 25.4 Å². The van der Waals surface area contributed by atoms with Crippen LogP contribution in [-0.4, -0.2) is 41.2 Å². The maximum absolute atomic E-state index is 12.1. The van der Waals surface area contributed by atoms with Crippen LogP contribution in [0.25, 0.3) is 0 Å². The summed E-state index contributed by atoms with van der Waals surface area (Å²) < 4.78 is 1.97. The summed E-state index contributed by atoms with van der Waals surface area (Å²) >= 11 is 1.81. The molecule has 1 aromatic heterocycles. The van der Waals surface area contributed by atoms with Crippen molar-refractivity contribution in [3.63, 3.8) is 0 Å². The molecule has 3 heterocycles.